The molecule has 0 saturated heterocycles. The van der Waals surface area contributed by atoms with Crippen molar-refractivity contribution in [3.05, 3.63) is 53.6 Å². The van der Waals surface area contributed by atoms with Crippen molar-refractivity contribution < 1.29 is 4.79 Å². The number of nitrogens with zero attached hydrogens (tertiary/aromatic N) is 3. The lowest BCUT2D eigenvalue weighted by Gasteiger charge is -2.24. The lowest BCUT2D eigenvalue weighted by atomic mass is 10.3. The highest BCUT2D eigenvalue weighted by Gasteiger charge is 2.21. The molecule has 162 valence electrons. The molecule has 1 aromatic heterocycles. The summed E-state index contributed by atoms with van der Waals surface area (Å²) in [5.41, 5.74) is 0.772. The number of aromatic nitrogens is 1. The zero-order valence-electron chi connectivity index (χ0n) is 17.2. The van der Waals surface area contributed by atoms with Crippen LogP contribution in [0, 0.1) is 0 Å². The zero-order valence-corrected chi connectivity index (χ0v) is 20.4. The van der Waals surface area contributed by atoms with Crippen molar-refractivity contribution in [2.45, 2.75) is 25.2 Å². The van der Waals surface area contributed by atoms with Gasteiger partial charge in [-0.05, 0) is 37.4 Å². The van der Waals surface area contributed by atoms with E-state index in [9.17, 15) is 4.79 Å². The highest BCUT2D eigenvalue weighted by molar-refractivity contribution is 7.99. The van der Waals surface area contributed by atoms with E-state index in [1.54, 1.807) is 11.8 Å². The molecule has 0 radical (unpaired) electrons. The van der Waals surface area contributed by atoms with E-state index >= 15 is 0 Å². The number of hydrogen-bond acceptors (Lipinski definition) is 5. The van der Waals surface area contributed by atoms with Crippen molar-refractivity contribution in [1.82, 2.24) is 9.88 Å². The van der Waals surface area contributed by atoms with Crippen LogP contribution >= 0.6 is 47.1 Å². The molecule has 3 aromatic rings. The van der Waals surface area contributed by atoms with Gasteiger partial charge in [0.25, 0.3) is 0 Å². The first-order valence-corrected chi connectivity index (χ1v) is 12.1. The third-order valence-corrected chi connectivity index (χ3v) is 7.11. The van der Waals surface area contributed by atoms with Crippen LogP contribution in [0.1, 0.15) is 20.3 Å². The van der Waals surface area contributed by atoms with Crippen molar-refractivity contribution in [2.24, 2.45) is 0 Å². The standard InChI is InChI=1S/C22H26ClN3OS2.ClH/c1-3-25(4-2)14-15-26(20(27)13-16-28-17-9-6-5-7-10-17)22-24-21-18(23)11-8-12-19(21)29-22;/h5-12H,3-4,13-16H2,1-2H3;1H. The Hall–Kier alpha value is -1.31. The molecule has 4 nitrogen and oxygen atoms in total. The van der Waals surface area contributed by atoms with Gasteiger partial charge in [-0.15, -0.1) is 24.2 Å². The summed E-state index contributed by atoms with van der Waals surface area (Å²) >= 11 is 9.54. The van der Waals surface area contributed by atoms with Crippen LogP contribution in [0.4, 0.5) is 5.13 Å². The van der Waals surface area contributed by atoms with Crippen LogP contribution in [0.5, 0.6) is 0 Å². The number of amides is 1. The van der Waals surface area contributed by atoms with Crippen LogP contribution in [0.25, 0.3) is 10.2 Å². The molecule has 30 heavy (non-hydrogen) atoms. The molecule has 0 aliphatic heterocycles. The molecule has 0 spiro atoms. The van der Waals surface area contributed by atoms with Crippen molar-refractivity contribution in [2.75, 3.05) is 36.8 Å². The third kappa shape index (κ3) is 6.59. The van der Waals surface area contributed by atoms with Gasteiger partial charge in [-0.25, -0.2) is 4.98 Å². The molecule has 0 bridgehead atoms. The number of anilines is 1. The highest BCUT2D eigenvalue weighted by atomic mass is 35.5. The quantitative estimate of drug-likeness (QED) is 0.320. The highest BCUT2D eigenvalue weighted by Crippen LogP contribution is 2.33. The summed E-state index contributed by atoms with van der Waals surface area (Å²) in [6.07, 6.45) is 0.474. The molecule has 3 rings (SSSR count). The van der Waals surface area contributed by atoms with Crippen LogP contribution in [-0.4, -0.2) is 47.7 Å². The molecule has 0 N–H and O–H groups in total. The van der Waals surface area contributed by atoms with E-state index in [0.717, 1.165) is 40.7 Å². The maximum atomic E-state index is 13.1. The van der Waals surface area contributed by atoms with Crippen molar-refractivity contribution in [1.29, 1.82) is 0 Å². The predicted molar refractivity (Wildman–Crippen MR) is 134 cm³/mol. The molecule has 0 saturated carbocycles. The molecule has 0 aliphatic rings. The lowest BCUT2D eigenvalue weighted by molar-refractivity contribution is -0.118. The van der Waals surface area contributed by atoms with Gasteiger partial charge < -0.3 is 4.90 Å². The molecule has 0 fully saturated rings. The van der Waals surface area contributed by atoms with E-state index < -0.39 is 0 Å². The number of benzene rings is 2. The first-order chi connectivity index (χ1) is 14.1. The van der Waals surface area contributed by atoms with Gasteiger partial charge in [0.1, 0.15) is 5.52 Å². The molecule has 1 heterocycles. The minimum Gasteiger partial charge on any atom is -0.302 e. The Morgan fingerprint density at radius 1 is 1.07 bits per heavy atom. The second kappa shape index (κ2) is 12.5. The van der Waals surface area contributed by atoms with Gasteiger partial charge in [0.2, 0.25) is 5.91 Å². The van der Waals surface area contributed by atoms with E-state index in [-0.39, 0.29) is 18.3 Å². The number of para-hydroxylation sites is 1. The molecule has 8 heteroatoms. The monoisotopic (exact) mass is 483 g/mol. The first-order valence-electron chi connectivity index (χ1n) is 9.88. The molecular formula is C22H27Cl2N3OS2. The fourth-order valence-corrected chi connectivity index (χ4v) is 5.21. The maximum absolute atomic E-state index is 13.1. The number of thiazole rings is 1. The predicted octanol–water partition coefficient (Wildman–Crippen LogP) is 6.23. The summed E-state index contributed by atoms with van der Waals surface area (Å²) < 4.78 is 1.01. The van der Waals surface area contributed by atoms with Gasteiger partial charge >= 0.3 is 0 Å². The summed E-state index contributed by atoms with van der Waals surface area (Å²) in [7, 11) is 0. The number of rotatable bonds is 10. The van der Waals surface area contributed by atoms with Crippen molar-refractivity contribution >= 4 is 68.4 Å². The zero-order chi connectivity index (χ0) is 20.6. The Bertz CT molecular complexity index is 933. The fraction of sp³-hybridized carbons (Fsp3) is 0.364. The Balaban J connectivity index is 0.00000320. The smallest absolute Gasteiger partial charge is 0.229 e. The van der Waals surface area contributed by atoms with E-state index in [2.05, 4.69) is 30.9 Å². The number of carbonyl (C=O) groups excluding carboxylic acids is 1. The largest absolute Gasteiger partial charge is 0.302 e. The van der Waals surface area contributed by atoms with Gasteiger partial charge in [-0.3, -0.25) is 9.69 Å². The average molecular weight is 485 g/mol. The number of thioether (sulfide) groups is 1. The summed E-state index contributed by atoms with van der Waals surface area (Å²) in [5, 5.41) is 1.36. The second-order valence-electron chi connectivity index (χ2n) is 6.57. The molecule has 0 atom stereocenters. The molecule has 0 aliphatic carbocycles. The van der Waals surface area contributed by atoms with Gasteiger partial charge in [-0.2, -0.15) is 0 Å². The molecular weight excluding hydrogens is 457 g/mol. The topological polar surface area (TPSA) is 36.4 Å². The second-order valence-corrected chi connectivity index (χ2v) is 9.15. The molecule has 0 unspecified atom stereocenters. The summed E-state index contributed by atoms with van der Waals surface area (Å²) in [5.74, 6) is 0.853. The fourth-order valence-electron chi connectivity index (χ4n) is 3.03. The van der Waals surface area contributed by atoms with Crippen LogP contribution in [0.3, 0.4) is 0 Å². The Labute approximate surface area is 198 Å². The number of hydrogen-bond donors (Lipinski definition) is 0. The van der Waals surface area contributed by atoms with Crippen LogP contribution in [-0.2, 0) is 4.79 Å². The first kappa shape index (κ1) is 25.0. The minimum atomic E-state index is 0. The van der Waals surface area contributed by atoms with Crippen molar-refractivity contribution in [3.8, 4) is 0 Å². The molecule has 1 amide bonds. The summed E-state index contributed by atoms with van der Waals surface area (Å²) in [4.78, 5) is 23.1. The minimum absolute atomic E-state index is 0. The van der Waals surface area contributed by atoms with Crippen molar-refractivity contribution in [3.63, 3.8) is 0 Å². The number of likely N-dealkylation sites (N-methyl/N-ethyl adjacent to an activating group) is 1. The van der Waals surface area contributed by atoms with E-state index in [0.29, 0.717) is 18.0 Å². The summed E-state index contributed by atoms with van der Waals surface area (Å²) in [6.45, 7) is 7.68. The van der Waals surface area contributed by atoms with Gasteiger partial charge in [-0.1, -0.05) is 61.1 Å². The Morgan fingerprint density at radius 2 is 1.80 bits per heavy atom. The SMILES string of the molecule is CCN(CC)CCN(C(=O)CCSc1ccccc1)c1nc2c(Cl)cccc2s1.Cl. The Morgan fingerprint density at radius 3 is 2.47 bits per heavy atom. The van der Waals surface area contributed by atoms with Gasteiger partial charge in [0, 0.05) is 30.2 Å². The lowest BCUT2D eigenvalue weighted by Crippen LogP contribution is -2.39. The number of carbonyl (C=O) groups is 1. The number of halogens is 2. The molecule has 2 aromatic carbocycles. The average Bonchev–Trinajstić information content (AvgIpc) is 3.17. The van der Waals surface area contributed by atoms with Crippen LogP contribution in [0.15, 0.2) is 53.4 Å². The normalized spacial score (nSPS) is 10.9. The van der Waals surface area contributed by atoms with Gasteiger partial charge in [0.15, 0.2) is 5.13 Å². The summed E-state index contributed by atoms with van der Waals surface area (Å²) in [6, 6.07) is 15.9. The maximum Gasteiger partial charge on any atom is 0.229 e. The van der Waals surface area contributed by atoms with E-state index in [1.165, 1.54) is 16.2 Å². The van der Waals surface area contributed by atoms with E-state index in [4.69, 9.17) is 16.6 Å². The van der Waals surface area contributed by atoms with Gasteiger partial charge in [0.05, 0.1) is 9.72 Å². The third-order valence-electron chi connectivity index (χ3n) is 4.75. The number of fused-ring (bicyclic) bond motifs is 1. The Kier molecular flexibility index (Phi) is 10.4. The van der Waals surface area contributed by atoms with Crippen LogP contribution in [0.2, 0.25) is 5.02 Å². The van der Waals surface area contributed by atoms with Crippen LogP contribution < -0.4 is 4.90 Å². The van der Waals surface area contributed by atoms with E-state index in [1.807, 2.05) is 41.3 Å².